The molecular formula is C24H24N4O7S. The molecule has 1 N–H and O–H groups in total. The molecule has 3 aromatic rings. The van der Waals surface area contributed by atoms with Gasteiger partial charge in [-0.25, -0.2) is 13.8 Å². The summed E-state index contributed by atoms with van der Waals surface area (Å²) >= 11 is 0. The van der Waals surface area contributed by atoms with Gasteiger partial charge in [0.25, 0.3) is 21.6 Å². The van der Waals surface area contributed by atoms with Crippen LogP contribution in [0.2, 0.25) is 0 Å². The van der Waals surface area contributed by atoms with Crippen molar-refractivity contribution < 1.29 is 27.6 Å². The zero-order valence-corrected chi connectivity index (χ0v) is 20.6. The monoisotopic (exact) mass is 512 g/mol. The van der Waals surface area contributed by atoms with Gasteiger partial charge in [-0.15, -0.1) is 0 Å². The van der Waals surface area contributed by atoms with Crippen LogP contribution in [0, 0.1) is 17.0 Å². The third-order valence-corrected chi connectivity index (χ3v) is 6.86. The average Bonchev–Trinajstić information content (AvgIpc) is 2.88. The standard InChI is InChI=1S/C24H24N4O7S/c1-17-8-10-18(11-9-17)15-25-26-24(29)16-27(20-13-12-19(34-2)14-22(20)35-3)36(32,33)23-7-5-4-6-21(23)28(30)31/h4-15H,16H2,1-3H3,(H,26,29)/b25-15-. The van der Waals surface area contributed by atoms with Crippen molar-refractivity contribution >= 4 is 33.5 Å². The van der Waals surface area contributed by atoms with E-state index in [2.05, 4.69) is 10.5 Å². The number of hydrogen-bond donors (Lipinski definition) is 1. The number of benzene rings is 3. The molecule has 0 unspecified atom stereocenters. The summed E-state index contributed by atoms with van der Waals surface area (Å²) in [7, 11) is -1.86. The fourth-order valence-corrected chi connectivity index (χ4v) is 4.82. The molecule has 3 rings (SSSR count). The maximum atomic E-state index is 13.7. The van der Waals surface area contributed by atoms with Crippen LogP contribution in [0.15, 0.2) is 76.7 Å². The number of ether oxygens (including phenoxy) is 2. The van der Waals surface area contributed by atoms with Crippen molar-refractivity contribution in [3.05, 3.63) is 88.0 Å². The van der Waals surface area contributed by atoms with E-state index in [0.29, 0.717) is 5.75 Å². The maximum Gasteiger partial charge on any atom is 0.289 e. The molecule has 0 saturated heterocycles. The second-order valence-corrected chi connectivity index (χ2v) is 9.31. The van der Waals surface area contributed by atoms with Gasteiger partial charge in [-0.1, -0.05) is 42.0 Å². The van der Waals surface area contributed by atoms with Crippen LogP contribution in [-0.4, -0.2) is 46.2 Å². The van der Waals surface area contributed by atoms with Crippen LogP contribution >= 0.6 is 0 Å². The van der Waals surface area contributed by atoms with Gasteiger partial charge in [0.1, 0.15) is 18.0 Å². The van der Waals surface area contributed by atoms with Gasteiger partial charge in [-0.2, -0.15) is 5.10 Å². The highest BCUT2D eigenvalue weighted by atomic mass is 32.2. The zero-order valence-electron chi connectivity index (χ0n) is 19.7. The molecule has 0 atom stereocenters. The van der Waals surface area contributed by atoms with Crippen molar-refractivity contribution in [2.24, 2.45) is 5.10 Å². The fourth-order valence-electron chi connectivity index (χ4n) is 3.23. The van der Waals surface area contributed by atoms with Crippen molar-refractivity contribution in [3.8, 4) is 11.5 Å². The topological polar surface area (TPSA) is 140 Å². The molecular weight excluding hydrogens is 488 g/mol. The molecule has 1 amide bonds. The van der Waals surface area contributed by atoms with Crippen LogP contribution in [0.1, 0.15) is 11.1 Å². The summed E-state index contributed by atoms with van der Waals surface area (Å²) in [6.45, 7) is 1.20. The van der Waals surface area contributed by atoms with E-state index >= 15 is 0 Å². The molecule has 0 saturated carbocycles. The number of sulfonamides is 1. The minimum absolute atomic E-state index is 0.0193. The van der Waals surface area contributed by atoms with Gasteiger partial charge in [0.05, 0.1) is 31.0 Å². The predicted molar refractivity (Wildman–Crippen MR) is 134 cm³/mol. The number of hydrazone groups is 1. The smallest absolute Gasteiger partial charge is 0.289 e. The quantitative estimate of drug-likeness (QED) is 0.250. The van der Waals surface area contributed by atoms with Gasteiger partial charge in [-0.05, 0) is 30.7 Å². The van der Waals surface area contributed by atoms with Crippen LogP contribution in [0.25, 0.3) is 0 Å². The summed E-state index contributed by atoms with van der Waals surface area (Å²) in [5.41, 5.74) is 3.42. The average molecular weight is 513 g/mol. The van der Waals surface area contributed by atoms with Gasteiger partial charge in [0.2, 0.25) is 0 Å². The van der Waals surface area contributed by atoms with Crippen molar-refractivity contribution in [1.29, 1.82) is 0 Å². The Kier molecular flexibility index (Phi) is 8.22. The van der Waals surface area contributed by atoms with Gasteiger partial charge in [0.15, 0.2) is 4.90 Å². The number of nitrogens with one attached hydrogen (secondary N) is 1. The summed E-state index contributed by atoms with van der Waals surface area (Å²) in [4.78, 5) is 22.9. The number of rotatable bonds is 10. The Balaban J connectivity index is 2.00. The van der Waals surface area contributed by atoms with Crippen molar-refractivity contribution in [2.75, 3.05) is 25.1 Å². The third kappa shape index (κ3) is 5.96. The number of carbonyl (C=O) groups excluding carboxylic acids is 1. The highest BCUT2D eigenvalue weighted by Gasteiger charge is 2.34. The Labute approximate surface area is 208 Å². The Morgan fingerprint density at radius 3 is 2.42 bits per heavy atom. The summed E-state index contributed by atoms with van der Waals surface area (Å²) in [6, 6.07) is 16.5. The Morgan fingerprint density at radius 1 is 1.08 bits per heavy atom. The van der Waals surface area contributed by atoms with Gasteiger partial charge in [0, 0.05) is 12.1 Å². The van der Waals surface area contributed by atoms with E-state index in [1.54, 1.807) is 12.1 Å². The number of anilines is 1. The number of nitro groups is 1. The van der Waals surface area contributed by atoms with E-state index < -0.39 is 38.0 Å². The molecule has 0 aliphatic rings. The molecule has 0 aromatic heterocycles. The molecule has 12 heteroatoms. The lowest BCUT2D eigenvalue weighted by atomic mass is 10.2. The van der Waals surface area contributed by atoms with E-state index in [9.17, 15) is 23.3 Å². The summed E-state index contributed by atoms with van der Waals surface area (Å²) in [5.74, 6) is -0.323. The Bertz CT molecular complexity index is 1390. The number of methoxy groups -OCH3 is 2. The predicted octanol–water partition coefficient (Wildman–Crippen LogP) is 3.27. The number of nitrogens with zero attached hydrogens (tertiary/aromatic N) is 3. The molecule has 0 bridgehead atoms. The lowest BCUT2D eigenvalue weighted by molar-refractivity contribution is -0.387. The Hall–Kier alpha value is -4.45. The minimum Gasteiger partial charge on any atom is -0.497 e. The van der Waals surface area contributed by atoms with Gasteiger partial charge in [-0.3, -0.25) is 19.2 Å². The van der Waals surface area contributed by atoms with E-state index in [1.165, 1.54) is 50.8 Å². The van der Waals surface area contributed by atoms with Crippen LogP contribution in [0.4, 0.5) is 11.4 Å². The molecule has 3 aromatic carbocycles. The second-order valence-electron chi connectivity index (χ2n) is 7.48. The number of nitro benzene ring substituents is 1. The molecule has 0 heterocycles. The fraction of sp³-hybridized carbons (Fsp3) is 0.167. The minimum atomic E-state index is -4.60. The lowest BCUT2D eigenvalue weighted by Crippen LogP contribution is -2.40. The van der Waals surface area contributed by atoms with Gasteiger partial charge < -0.3 is 9.47 Å². The molecule has 11 nitrogen and oxygen atoms in total. The number of amides is 1. The molecule has 0 spiro atoms. The van der Waals surface area contributed by atoms with E-state index in [1.807, 2.05) is 19.1 Å². The first-order valence-corrected chi connectivity index (χ1v) is 12.0. The second kappa shape index (κ2) is 11.3. The molecule has 0 radical (unpaired) electrons. The number of carbonyl (C=O) groups is 1. The first kappa shape index (κ1) is 26.2. The zero-order chi connectivity index (χ0) is 26.3. The molecule has 0 aliphatic heterocycles. The van der Waals surface area contributed by atoms with Crippen LogP contribution < -0.4 is 19.2 Å². The Morgan fingerprint density at radius 2 is 1.78 bits per heavy atom. The molecule has 0 aliphatic carbocycles. The maximum absolute atomic E-state index is 13.7. The SMILES string of the molecule is COc1ccc(N(CC(=O)N/N=C\c2ccc(C)cc2)S(=O)(=O)c2ccccc2[N+](=O)[O-])c(OC)c1. The molecule has 0 fully saturated rings. The molecule has 36 heavy (non-hydrogen) atoms. The van der Waals surface area contributed by atoms with Crippen molar-refractivity contribution in [3.63, 3.8) is 0 Å². The normalized spacial score (nSPS) is 11.2. The third-order valence-electron chi connectivity index (χ3n) is 5.05. The number of aryl methyl sites for hydroxylation is 1. The van der Waals surface area contributed by atoms with E-state index in [4.69, 9.17) is 9.47 Å². The highest BCUT2D eigenvalue weighted by Crippen LogP contribution is 2.37. The first-order valence-electron chi connectivity index (χ1n) is 10.5. The van der Waals surface area contributed by atoms with Crippen molar-refractivity contribution in [1.82, 2.24) is 5.43 Å². The van der Waals surface area contributed by atoms with Crippen LogP contribution in [0.5, 0.6) is 11.5 Å². The van der Waals surface area contributed by atoms with Crippen molar-refractivity contribution in [2.45, 2.75) is 11.8 Å². The van der Waals surface area contributed by atoms with E-state index in [0.717, 1.165) is 27.6 Å². The van der Waals surface area contributed by atoms with Crippen LogP contribution in [-0.2, 0) is 14.8 Å². The lowest BCUT2D eigenvalue weighted by Gasteiger charge is -2.25. The summed E-state index contributed by atoms with van der Waals surface area (Å²) in [6.07, 6.45) is 1.41. The van der Waals surface area contributed by atoms with Crippen LogP contribution in [0.3, 0.4) is 0 Å². The van der Waals surface area contributed by atoms with Gasteiger partial charge >= 0.3 is 0 Å². The van der Waals surface area contributed by atoms with E-state index in [-0.39, 0.29) is 11.4 Å². The highest BCUT2D eigenvalue weighted by molar-refractivity contribution is 7.93. The molecule has 188 valence electrons. The first-order chi connectivity index (χ1) is 17.2. The summed E-state index contributed by atoms with van der Waals surface area (Å²) < 4.78 is 38.5. The largest absolute Gasteiger partial charge is 0.497 e. The number of hydrogen-bond acceptors (Lipinski definition) is 8. The number of para-hydroxylation sites is 1. The summed E-state index contributed by atoms with van der Waals surface area (Å²) in [5, 5.41) is 15.4.